The maximum Gasteiger partial charge on any atom is 0.413 e. The van der Waals surface area contributed by atoms with Crippen LogP contribution in [-0.4, -0.2) is 29.8 Å². The van der Waals surface area contributed by atoms with Gasteiger partial charge in [-0.15, -0.1) is 11.3 Å². The summed E-state index contributed by atoms with van der Waals surface area (Å²) in [5.41, 5.74) is 0.529. The molecule has 0 aromatic carbocycles. The average Bonchev–Trinajstić information content (AvgIpc) is 2.68. The number of amides is 1. The molecule has 1 aliphatic heterocycles. The van der Waals surface area contributed by atoms with Crippen LogP contribution in [0.25, 0.3) is 0 Å². The number of thiazole rings is 1. The minimum absolute atomic E-state index is 0.442. The highest BCUT2D eigenvalue weighted by Crippen LogP contribution is 2.34. The van der Waals surface area contributed by atoms with Gasteiger partial charge in [-0.3, -0.25) is 5.32 Å². The maximum absolute atomic E-state index is 11.7. The Kier molecular flexibility index (Phi) is 4.65. The maximum atomic E-state index is 11.7. The number of nitrogens with one attached hydrogen (secondary N) is 2. The highest BCUT2D eigenvalue weighted by molar-refractivity contribution is 7.16. The molecular formula is C14H23N3O2S. The number of rotatable bonds is 2. The van der Waals surface area contributed by atoms with Crippen molar-refractivity contribution in [2.75, 3.05) is 18.4 Å². The molecule has 1 aliphatic rings. The fraction of sp³-hybridized carbons (Fsp3) is 0.714. The Morgan fingerprint density at radius 3 is 2.65 bits per heavy atom. The van der Waals surface area contributed by atoms with Crippen molar-refractivity contribution in [3.8, 4) is 0 Å². The monoisotopic (exact) mass is 297 g/mol. The van der Waals surface area contributed by atoms with Crippen LogP contribution in [0.1, 0.15) is 50.1 Å². The Morgan fingerprint density at radius 1 is 1.40 bits per heavy atom. The van der Waals surface area contributed by atoms with Gasteiger partial charge in [-0.25, -0.2) is 9.78 Å². The quantitative estimate of drug-likeness (QED) is 0.879. The van der Waals surface area contributed by atoms with E-state index in [0.717, 1.165) is 31.6 Å². The average molecular weight is 297 g/mol. The van der Waals surface area contributed by atoms with Crippen molar-refractivity contribution in [3.05, 3.63) is 10.6 Å². The summed E-state index contributed by atoms with van der Waals surface area (Å²) in [6.07, 6.45) is 1.83. The Bertz CT molecular complexity index is 473. The summed E-state index contributed by atoms with van der Waals surface area (Å²) in [5, 5.41) is 6.72. The second-order valence-corrected chi connectivity index (χ2v) is 7.15. The van der Waals surface area contributed by atoms with E-state index in [0.29, 0.717) is 11.0 Å². The third-order valence-corrected chi connectivity index (χ3v) is 4.39. The largest absolute Gasteiger partial charge is 0.444 e. The van der Waals surface area contributed by atoms with E-state index in [1.54, 1.807) is 11.3 Å². The standard InChI is InChI=1S/C14H23N3O2S/c1-9-11(10-5-7-15-8-6-10)20-12(16-9)17-13(18)19-14(2,3)4/h10,15H,5-8H2,1-4H3,(H,16,17,18). The molecule has 0 bridgehead atoms. The fourth-order valence-electron chi connectivity index (χ4n) is 2.32. The molecule has 0 radical (unpaired) electrons. The van der Waals surface area contributed by atoms with Crippen molar-refractivity contribution in [1.82, 2.24) is 10.3 Å². The Balaban J connectivity index is 2.01. The number of anilines is 1. The predicted octanol–water partition coefficient (Wildman–Crippen LogP) is 3.27. The van der Waals surface area contributed by atoms with Crippen molar-refractivity contribution < 1.29 is 9.53 Å². The lowest BCUT2D eigenvalue weighted by atomic mass is 9.96. The molecule has 0 spiro atoms. The zero-order valence-corrected chi connectivity index (χ0v) is 13.4. The predicted molar refractivity (Wildman–Crippen MR) is 81.6 cm³/mol. The molecule has 1 aromatic heterocycles. The van der Waals surface area contributed by atoms with Gasteiger partial charge >= 0.3 is 6.09 Å². The molecule has 1 aromatic rings. The fourth-order valence-corrected chi connectivity index (χ4v) is 3.44. The van der Waals surface area contributed by atoms with Crippen LogP contribution in [0.5, 0.6) is 0 Å². The van der Waals surface area contributed by atoms with E-state index >= 15 is 0 Å². The van der Waals surface area contributed by atoms with Gasteiger partial charge in [0.15, 0.2) is 5.13 Å². The summed E-state index contributed by atoms with van der Waals surface area (Å²) in [4.78, 5) is 17.5. The van der Waals surface area contributed by atoms with Gasteiger partial charge in [-0.2, -0.15) is 0 Å². The number of nitrogens with zero attached hydrogens (tertiary/aromatic N) is 1. The van der Waals surface area contributed by atoms with Crippen LogP contribution >= 0.6 is 11.3 Å². The second kappa shape index (κ2) is 6.10. The molecule has 20 heavy (non-hydrogen) atoms. The summed E-state index contributed by atoms with van der Waals surface area (Å²) >= 11 is 1.57. The molecule has 0 atom stereocenters. The van der Waals surface area contributed by atoms with Crippen LogP contribution < -0.4 is 10.6 Å². The smallest absolute Gasteiger partial charge is 0.413 e. The number of carbonyl (C=O) groups is 1. The topological polar surface area (TPSA) is 63.2 Å². The first kappa shape index (κ1) is 15.3. The zero-order chi connectivity index (χ0) is 14.8. The summed E-state index contributed by atoms with van der Waals surface area (Å²) in [6, 6.07) is 0. The molecule has 2 rings (SSSR count). The zero-order valence-electron chi connectivity index (χ0n) is 12.6. The number of piperidine rings is 1. The number of aryl methyl sites for hydroxylation is 1. The minimum Gasteiger partial charge on any atom is -0.444 e. The molecule has 1 amide bonds. The van der Waals surface area contributed by atoms with Gasteiger partial charge in [0.25, 0.3) is 0 Å². The van der Waals surface area contributed by atoms with Crippen molar-refractivity contribution in [2.24, 2.45) is 0 Å². The van der Waals surface area contributed by atoms with Crippen LogP contribution in [0.4, 0.5) is 9.93 Å². The van der Waals surface area contributed by atoms with E-state index in [4.69, 9.17) is 4.74 Å². The van der Waals surface area contributed by atoms with Crippen LogP contribution in [-0.2, 0) is 4.74 Å². The lowest BCUT2D eigenvalue weighted by molar-refractivity contribution is 0.0636. The third kappa shape index (κ3) is 4.18. The second-order valence-electron chi connectivity index (χ2n) is 6.12. The molecule has 1 saturated heterocycles. The van der Waals surface area contributed by atoms with Crippen molar-refractivity contribution in [2.45, 2.75) is 52.1 Å². The van der Waals surface area contributed by atoms with Gasteiger partial charge in [0, 0.05) is 4.88 Å². The van der Waals surface area contributed by atoms with Crippen LogP contribution in [0.15, 0.2) is 0 Å². The number of hydrogen-bond donors (Lipinski definition) is 2. The first-order chi connectivity index (χ1) is 9.35. The highest BCUT2D eigenvalue weighted by Gasteiger charge is 2.22. The minimum atomic E-state index is -0.492. The molecule has 112 valence electrons. The van der Waals surface area contributed by atoms with Crippen LogP contribution in [0.2, 0.25) is 0 Å². The number of carbonyl (C=O) groups excluding carboxylic acids is 1. The van der Waals surface area contributed by atoms with E-state index in [1.165, 1.54) is 4.88 Å². The number of ether oxygens (including phenoxy) is 1. The van der Waals surface area contributed by atoms with E-state index in [2.05, 4.69) is 15.6 Å². The van der Waals surface area contributed by atoms with E-state index in [1.807, 2.05) is 27.7 Å². The molecule has 5 nitrogen and oxygen atoms in total. The molecule has 0 saturated carbocycles. The number of aromatic nitrogens is 1. The first-order valence-electron chi connectivity index (χ1n) is 7.03. The van der Waals surface area contributed by atoms with Crippen molar-refractivity contribution in [1.29, 1.82) is 0 Å². The molecular weight excluding hydrogens is 274 g/mol. The highest BCUT2D eigenvalue weighted by atomic mass is 32.1. The van der Waals surface area contributed by atoms with E-state index in [-0.39, 0.29) is 0 Å². The summed E-state index contributed by atoms with van der Waals surface area (Å²) in [6.45, 7) is 9.65. The Labute approximate surface area is 124 Å². The van der Waals surface area contributed by atoms with Gasteiger partial charge in [0.1, 0.15) is 5.60 Å². The summed E-state index contributed by atoms with van der Waals surface area (Å²) < 4.78 is 5.24. The van der Waals surface area contributed by atoms with Gasteiger partial charge < -0.3 is 10.1 Å². The normalized spacial score (nSPS) is 17.0. The summed E-state index contributed by atoms with van der Waals surface area (Å²) in [7, 11) is 0. The van der Waals surface area contributed by atoms with E-state index < -0.39 is 11.7 Å². The molecule has 6 heteroatoms. The molecule has 2 heterocycles. The van der Waals surface area contributed by atoms with Crippen molar-refractivity contribution in [3.63, 3.8) is 0 Å². The lowest BCUT2D eigenvalue weighted by Crippen LogP contribution is -2.27. The van der Waals surface area contributed by atoms with Gasteiger partial charge in [0.2, 0.25) is 0 Å². The molecule has 0 aliphatic carbocycles. The molecule has 0 unspecified atom stereocenters. The Morgan fingerprint density at radius 2 is 2.05 bits per heavy atom. The first-order valence-corrected chi connectivity index (χ1v) is 7.85. The molecule has 1 fully saturated rings. The van der Waals surface area contributed by atoms with Gasteiger partial charge in [0.05, 0.1) is 5.69 Å². The molecule has 2 N–H and O–H groups in total. The summed E-state index contributed by atoms with van der Waals surface area (Å²) in [5.74, 6) is 0.558. The van der Waals surface area contributed by atoms with Crippen LogP contribution in [0, 0.1) is 6.92 Å². The van der Waals surface area contributed by atoms with E-state index in [9.17, 15) is 4.79 Å². The lowest BCUT2D eigenvalue weighted by Gasteiger charge is -2.21. The number of hydrogen-bond acceptors (Lipinski definition) is 5. The van der Waals surface area contributed by atoms with Crippen molar-refractivity contribution >= 4 is 22.6 Å². The van der Waals surface area contributed by atoms with Gasteiger partial charge in [-0.1, -0.05) is 0 Å². The van der Waals surface area contributed by atoms with Gasteiger partial charge in [-0.05, 0) is 59.5 Å². The van der Waals surface area contributed by atoms with Crippen LogP contribution in [0.3, 0.4) is 0 Å². The SMILES string of the molecule is Cc1nc(NC(=O)OC(C)(C)C)sc1C1CCNCC1. The Hall–Kier alpha value is -1.14. The third-order valence-electron chi connectivity index (χ3n) is 3.15.